The Morgan fingerprint density at radius 2 is 1.32 bits per heavy atom. The molecule has 0 bridgehead atoms. The van der Waals surface area contributed by atoms with Crippen LogP contribution in [-0.4, -0.2) is 113 Å². The molecule has 322 valence electrons. The fourth-order valence-corrected chi connectivity index (χ4v) is 5.08. The van der Waals surface area contributed by atoms with Gasteiger partial charge in [-0.15, -0.1) is 0 Å². The number of benzene rings is 2. The number of fused-ring (bicyclic) bond motifs is 2. The fourth-order valence-electron chi connectivity index (χ4n) is 5.08. The molecule has 1 amide bonds. The molecule has 0 aliphatic heterocycles. The first-order valence-corrected chi connectivity index (χ1v) is 17.3. The molecule has 0 atom stereocenters. The largest absolute Gasteiger partial charge is 0.495 e. The molecule has 23 nitrogen and oxygen atoms in total. The second-order valence-electron chi connectivity index (χ2n) is 11.9. The van der Waals surface area contributed by atoms with E-state index in [1.54, 1.807) is 25.7 Å². The van der Waals surface area contributed by atoms with E-state index in [0.717, 1.165) is 16.5 Å². The van der Waals surface area contributed by atoms with Crippen LogP contribution >= 0.6 is 0 Å². The molecule has 0 spiro atoms. The van der Waals surface area contributed by atoms with Crippen molar-refractivity contribution in [1.82, 2.24) is 33.9 Å². The molecular formula is C39H37N9O14. The van der Waals surface area contributed by atoms with Gasteiger partial charge in [0.25, 0.3) is 5.91 Å². The number of aromatic nitrogens is 7. The van der Waals surface area contributed by atoms with Gasteiger partial charge in [-0.25, -0.2) is 48.4 Å². The second-order valence-corrected chi connectivity index (χ2v) is 11.9. The summed E-state index contributed by atoms with van der Waals surface area (Å²) in [6, 6.07) is 15.2. The smallest absolute Gasteiger partial charge is 0.328 e. The highest BCUT2D eigenvalue weighted by Crippen LogP contribution is 2.35. The minimum absolute atomic E-state index is 0.235. The first kappa shape index (κ1) is 47.2. The number of ether oxygens (including phenoxy) is 1. The van der Waals surface area contributed by atoms with Gasteiger partial charge >= 0.3 is 35.8 Å². The zero-order valence-corrected chi connectivity index (χ0v) is 32.5. The van der Waals surface area contributed by atoms with Gasteiger partial charge in [-0.2, -0.15) is 5.10 Å². The average Bonchev–Trinajstić information content (AvgIpc) is 3.97. The van der Waals surface area contributed by atoms with E-state index in [-0.39, 0.29) is 5.91 Å². The van der Waals surface area contributed by atoms with Gasteiger partial charge in [-0.1, -0.05) is 24.3 Å². The topological polar surface area (TPSA) is 354 Å². The lowest BCUT2D eigenvalue weighted by Crippen LogP contribution is -2.16. The van der Waals surface area contributed by atoms with E-state index in [4.69, 9.17) is 46.2 Å². The Bertz CT molecular complexity index is 2550. The molecule has 4 aromatic heterocycles. The normalized spacial score (nSPS) is 10.6. The number of methoxy groups -OCH3 is 1. The maximum absolute atomic E-state index is 13.2. The SMILES string of the molecule is COc1cc(-c2nn(CCn3ccnc3)c3ncnc(N)c23)ccc1NC(=O)c1cc2ccccc2n1C.O=C(O)/C=C\C(=O)O.O=C(O)/C=C\C(=O)O.O=C(O)/C=C\C(=O)O. The number of carboxylic acids is 6. The molecule has 0 radical (unpaired) electrons. The van der Waals surface area contributed by atoms with Gasteiger partial charge < -0.3 is 55.6 Å². The number of aryl methyl sites for hydroxylation is 3. The number of amides is 1. The van der Waals surface area contributed by atoms with Gasteiger partial charge in [0, 0.05) is 78.9 Å². The Morgan fingerprint density at radius 1 is 0.758 bits per heavy atom. The molecule has 0 fully saturated rings. The maximum Gasteiger partial charge on any atom is 0.328 e. The number of imidazole rings is 1. The van der Waals surface area contributed by atoms with E-state index < -0.39 is 35.8 Å². The van der Waals surface area contributed by atoms with E-state index in [1.807, 2.05) is 69.5 Å². The Morgan fingerprint density at radius 3 is 1.82 bits per heavy atom. The van der Waals surface area contributed by atoms with Crippen LogP contribution in [0.25, 0.3) is 33.2 Å². The van der Waals surface area contributed by atoms with Crippen LogP contribution in [0, 0.1) is 0 Å². The highest BCUT2D eigenvalue weighted by atomic mass is 16.5. The standard InChI is InChI=1S/C27H25N9O2.3C4H4O4/c1-34-20-6-4-3-5-17(20)13-21(34)27(37)32-19-8-7-18(14-22(19)38-2)24-23-25(28)30-15-31-26(23)36(33-24)12-11-35-10-9-29-16-35;3*5-3(6)1-2-4(7)8/h3-10,13-16H,11-12H2,1-2H3,(H,32,37)(H2,28,30,31);3*1-2H,(H,5,6)(H,7,8)/b;3*2-1-. The Hall–Kier alpha value is -9.15. The van der Waals surface area contributed by atoms with Crippen LogP contribution in [0.2, 0.25) is 0 Å². The lowest BCUT2D eigenvalue weighted by Gasteiger charge is -2.12. The van der Waals surface area contributed by atoms with Crippen molar-refractivity contribution in [1.29, 1.82) is 0 Å². The summed E-state index contributed by atoms with van der Waals surface area (Å²) in [7, 11) is 3.43. The Labute approximate surface area is 348 Å². The van der Waals surface area contributed by atoms with Crippen molar-refractivity contribution in [2.45, 2.75) is 13.1 Å². The van der Waals surface area contributed by atoms with Gasteiger partial charge in [0.1, 0.15) is 29.3 Å². The highest BCUT2D eigenvalue weighted by molar-refractivity contribution is 6.07. The number of nitrogens with one attached hydrogen (secondary N) is 1. The van der Waals surface area contributed by atoms with E-state index in [9.17, 15) is 33.6 Å². The van der Waals surface area contributed by atoms with E-state index in [2.05, 4.69) is 20.3 Å². The zero-order chi connectivity index (χ0) is 45.9. The molecule has 0 saturated heterocycles. The summed E-state index contributed by atoms with van der Waals surface area (Å²) >= 11 is 0. The van der Waals surface area contributed by atoms with Crippen molar-refractivity contribution >= 4 is 75.2 Å². The molecular weight excluding hydrogens is 818 g/mol. The number of aliphatic carboxylic acids is 6. The van der Waals surface area contributed by atoms with Crippen molar-refractivity contribution < 1.29 is 68.9 Å². The molecule has 4 heterocycles. The number of hydrogen-bond acceptors (Lipinski definition) is 13. The third-order valence-electron chi connectivity index (χ3n) is 7.70. The summed E-state index contributed by atoms with van der Waals surface area (Å²) in [6.07, 6.45) is 10.2. The molecule has 0 unspecified atom stereocenters. The molecule has 0 aliphatic carbocycles. The quantitative estimate of drug-likeness (QED) is 0.0774. The van der Waals surface area contributed by atoms with Crippen LogP contribution in [0.4, 0.5) is 11.5 Å². The number of anilines is 2. The summed E-state index contributed by atoms with van der Waals surface area (Å²) in [4.78, 5) is 83.2. The first-order valence-electron chi connectivity index (χ1n) is 17.3. The molecule has 6 aromatic rings. The third-order valence-corrected chi connectivity index (χ3v) is 7.70. The zero-order valence-electron chi connectivity index (χ0n) is 32.5. The van der Waals surface area contributed by atoms with E-state index in [0.29, 0.717) is 89.2 Å². The molecule has 23 heteroatoms. The van der Waals surface area contributed by atoms with Gasteiger partial charge in [0.2, 0.25) is 0 Å². The minimum atomic E-state index is -1.26. The van der Waals surface area contributed by atoms with Crippen LogP contribution in [0.3, 0.4) is 0 Å². The van der Waals surface area contributed by atoms with Crippen molar-refractivity contribution in [2.24, 2.45) is 7.05 Å². The highest BCUT2D eigenvalue weighted by Gasteiger charge is 2.20. The summed E-state index contributed by atoms with van der Waals surface area (Å²) in [6.45, 7) is 1.24. The number of nitrogens with zero attached hydrogens (tertiary/aromatic N) is 7. The summed E-state index contributed by atoms with van der Waals surface area (Å²) < 4.78 is 11.3. The van der Waals surface area contributed by atoms with Crippen molar-refractivity contribution in [3.8, 4) is 17.0 Å². The minimum Gasteiger partial charge on any atom is -0.495 e. The van der Waals surface area contributed by atoms with Gasteiger partial charge in [0.05, 0.1) is 31.1 Å². The monoisotopic (exact) mass is 855 g/mol. The lowest BCUT2D eigenvalue weighted by molar-refractivity contribution is -0.134. The van der Waals surface area contributed by atoms with Crippen LogP contribution < -0.4 is 15.8 Å². The third kappa shape index (κ3) is 14.3. The molecule has 2 aromatic carbocycles. The molecule has 9 N–H and O–H groups in total. The lowest BCUT2D eigenvalue weighted by atomic mass is 10.1. The van der Waals surface area contributed by atoms with Crippen LogP contribution in [0.1, 0.15) is 10.5 Å². The van der Waals surface area contributed by atoms with E-state index in [1.165, 1.54) is 6.33 Å². The van der Waals surface area contributed by atoms with Crippen LogP contribution in [0.15, 0.2) is 110 Å². The number of nitrogens with two attached hydrogens (primary N) is 1. The fraction of sp³-hybridized carbons (Fsp3) is 0.103. The number of carbonyl (C=O) groups excluding carboxylic acids is 1. The molecule has 0 saturated carbocycles. The van der Waals surface area contributed by atoms with Gasteiger partial charge in [0.15, 0.2) is 5.65 Å². The molecule has 0 aliphatic rings. The maximum atomic E-state index is 13.2. The number of nitrogen functional groups attached to an aromatic ring is 1. The second kappa shape index (κ2) is 22.7. The summed E-state index contributed by atoms with van der Waals surface area (Å²) in [5.41, 5.74) is 10.4. The molecule has 62 heavy (non-hydrogen) atoms. The Balaban J connectivity index is 0.000000349. The number of rotatable bonds is 13. The predicted octanol–water partition coefficient (Wildman–Crippen LogP) is 2.86. The van der Waals surface area contributed by atoms with Crippen LogP contribution in [0.5, 0.6) is 5.75 Å². The van der Waals surface area contributed by atoms with Crippen molar-refractivity contribution in [2.75, 3.05) is 18.2 Å². The average molecular weight is 856 g/mol. The van der Waals surface area contributed by atoms with E-state index >= 15 is 0 Å². The number of carbonyl (C=O) groups is 7. The van der Waals surface area contributed by atoms with Crippen LogP contribution in [-0.2, 0) is 48.9 Å². The van der Waals surface area contributed by atoms with Gasteiger partial charge in [-0.05, 0) is 24.3 Å². The molecule has 6 rings (SSSR count). The Kier molecular flexibility index (Phi) is 17.3. The number of hydrogen-bond donors (Lipinski definition) is 8. The van der Waals surface area contributed by atoms with Crippen molar-refractivity contribution in [3.63, 3.8) is 0 Å². The predicted molar refractivity (Wildman–Crippen MR) is 218 cm³/mol. The first-order chi connectivity index (χ1) is 29.4. The summed E-state index contributed by atoms with van der Waals surface area (Å²) in [5, 5.41) is 56.3. The number of carboxylic acid groups (broad SMARTS) is 6. The van der Waals surface area contributed by atoms with Gasteiger partial charge in [-0.3, -0.25) is 4.79 Å². The van der Waals surface area contributed by atoms with Crippen molar-refractivity contribution in [3.05, 3.63) is 116 Å². The summed E-state index contributed by atoms with van der Waals surface area (Å²) in [5.74, 6) is -6.95. The number of para-hydroxylation sites is 1.